The average Bonchev–Trinajstić information content (AvgIpc) is 2.75. The van der Waals surface area contributed by atoms with Gasteiger partial charge in [-0.15, -0.1) is 5.10 Å². The Balaban J connectivity index is 2.30. The van der Waals surface area contributed by atoms with Crippen LogP contribution in [-0.4, -0.2) is 26.7 Å². The summed E-state index contributed by atoms with van der Waals surface area (Å²) in [7, 11) is 0. The van der Waals surface area contributed by atoms with Crippen LogP contribution in [0.3, 0.4) is 0 Å². The zero-order chi connectivity index (χ0) is 12.3. The summed E-state index contributed by atoms with van der Waals surface area (Å²) in [5.41, 5.74) is 1.99. The number of hydrogen-bond donors (Lipinski definition) is 1. The van der Waals surface area contributed by atoms with Gasteiger partial charge in [-0.1, -0.05) is 17.3 Å². The van der Waals surface area contributed by atoms with Gasteiger partial charge in [-0.05, 0) is 31.4 Å². The second-order valence-corrected chi connectivity index (χ2v) is 3.89. The van der Waals surface area contributed by atoms with Crippen LogP contribution in [0.4, 0.5) is 4.39 Å². The van der Waals surface area contributed by atoms with Crippen LogP contribution in [0, 0.1) is 12.7 Å². The van der Waals surface area contributed by atoms with E-state index in [0.717, 1.165) is 11.3 Å². The molecule has 2 aromatic rings. The molecule has 0 atom stereocenters. The largest absolute Gasteiger partial charge is 0.396 e. The molecule has 4 nitrogen and oxygen atoms in total. The monoisotopic (exact) mass is 235 g/mol. The molecule has 0 unspecified atom stereocenters. The first-order valence-electron chi connectivity index (χ1n) is 5.50. The number of rotatable bonds is 4. The van der Waals surface area contributed by atoms with Gasteiger partial charge in [0.25, 0.3) is 0 Å². The SMILES string of the molecule is Cc1cccc(F)c1-n1cc(CCCO)nn1. The molecule has 1 N–H and O–H groups in total. The predicted molar refractivity (Wildman–Crippen MR) is 61.5 cm³/mol. The second-order valence-electron chi connectivity index (χ2n) is 3.89. The van der Waals surface area contributed by atoms with Gasteiger partial charge < -0.3 is 5.11 Å². The smallest absolute Gasteiger partial charge is 0.149 e. The number of aliphatic hydroxyl groups excluding tert-OH is 1. The van der Waals surface area contributed by atoms with E-state index in [-0.39, 0.29) is 12.4 Å². The highest BCUT2D eigenvalue weighted by molar-refractivity contribution is 5.40. The Bertz CT molecular complexity index is 490. The molecule has 0 bridgehead atoms. The van der Waals surface area contributed by atoms with Crippen LogP contribution in [0.2, 0.25) is 0 Å². The van der Waals surface area contributed by atoms with Crippen molar-refractivity contribution in [2.24, 2.45) is 0 Å². The molecule has 1 heterocycles. The van der Waals surface area contributed by atoms with Crippen LogP contribution in [0.25, 0.3) is 5.69 Å². The highest BCUT2D eigenvalue weighted by atomic mass is 19.1. The maximum atomic E-state index is 13.7. The van der Waals surface area contributed by atoms with E-state index in [9.17, 15) is 4.39 Å². The zero-order valence-corrected chi connectivity index (χ0v) is 9.60. The lowest BCUT2D eigenvalue weighted by Gasteiger charge is -2.05. The Kier molecular flexibility index (Phi) is 3.49. The lowest BCUT2D eigenvalue weighted by Crippen LogP contribution is -2.01. The van der Waals surface area contributed by atoms with Crippen LogP contribution < -0.4 is 0 Å². The van der Waals surface area contributed by atoms with Crippen LogP contribution in [-0.2, 0) is 6.42 Å². The average molecular weight is 235 g/mol. The van der Waals surface area contributed by atoms with Crippen LogP contribution >= 0.6 is 0 Å². The molecule has 0 aliphatic carbocycles. The van der Waals surface area contributed by atoms with Gasteiger partial charge in [0.05, 0.1) is 11.9 Å². The van der Waals surface area contributed by atoms with Gasteiger partial charge in [0.15, 0.2) is 0 Å². The first-order valence-corrected chi connectivity index (χ1v) is 5.50. The molecule has 0 saturated carbocycles. The fourth-order valence-electron chi connectivity index (χ4n) is 1.70. The number of halogens is 1. The number of aliphatic hydroxyl groups is 1. The van der Waals surface area contributed by atoms with Crippen LogP contribution in [0.1, 0.15) is 17.7 Å². The number of nitrogens with zero attached hydrogens (tertiary/aromatic N) is 3. The minimum Gasteiger partial charge on any atom is -0.396 e. The van der Waals surface area contributed by atoms with Crippen LogP contribution in [0.15, 0.2) is 24.4 Å². The number of benzene rings is 1. The fourth-order valence-corrected chi connectivity index (χ4v) is 1.70. The molecule has 0 saturated heterocycles. The summed E-state index contributed by atoms with van der Waals surface area (Å²) in [6.07, 6.45) is 2.97. The van der Waals surface area contributed by atoms with Crippen molar-refractivity contribution in [1.29, 1.82) is 0 Å². The Labute approximate surface area is 98.7 Å². The van der Waals surface area contributed by atoms with Crippen molar-refractivity contribution < 1.29 is 9.50 Å². The third kappa shape index (κ3) is 2.50. The molecule has 90 valence electrons. The van der Waals surface area contributed by atoms with Crippen molar-refractivity contribution in [2.45, 2.75) is 19.8 Å². The molecule has 0 radical (unpaired) electrons. The van der Waals surface area contributed by atoms with E-state index in [1.165, 1.54) is 10.7 Å². The van der Waals surface area contributed by atoms with Crippen molar-refractivity contribution in [3.05, 3.63) is 41.5 Å². The Morgan fingerprint density at radius 3 is 2.94 bits per heavy atom. The summed E-state index contributed by atoms with van der Waals surface area (Å²) in [5.74, 6) is -0.316. The number of hydrogen-bond acceptors (Lipinski definition) is 3. The lowest BCUT2D eigenvalue weighted by atomic mass is 10.2. The predicted octanol–water partition coefficient (Wildman–Crippen LogP) is 1.64. The van der Waals surface area contributed by atoms with E-state index in [1.54, 1.807) is 12.3 Å². The molecular weight excluding hydrogens is 221 g/mol. The molecule has 2 rings (SSSR count). The third-order valence-corrected chi connectivity index (χ3v) is 2.55. The highest BCUT2D eigenvalue weighted by Crippen LogP contribution is 2.17. The second kappa shape index (κ2) is 5.05. The molecule has 5 heteroatoms. The van der Waals surface area contributed by atoms with Crippen molar-refractivity contribution in [3.63, 3.8) is 0 Å². The zero-order valence-electron chi connectivity index (χ0n) is 9.60. The minimum absolute atomic E-state index is 0.117. The molecule has 0 spiro atoms. The van der Waals surface area contributed by atoms with Crippen molar-refractivity contribution in [3.8, 4) is 5.69 Å². The number of para-hydroxylation sites is 1. The topological polar surface area (TPSA) is 50.9 Å². The van der Waals surface area contributed by atoms with Crippen molar-refractivity contribution >= 4 is 0 Å². The normalized spacial score (nSPS) is 10.8. The molecule has 0 aliphatic heterocycles. The molecular formula is C12H14FN3O. The summed E-state index contributed by atoms with van der Waals surface area (Å²) in [6, 6.07) is 4.89. The first kappa shape index (κ1) is 11.7. The summed E-state index contributed by atoms with van der Waals surface area (Å²) in [5, 5.41) is 16.6. The summed E-state index contributed by atoms with van der Waals surface area (Å²) < 4.78 is 15.1. The molecule has 0 amide bonds. The Morgan fingerprint density at radius 1 is 1.41 bits per heavy atom. The molecule has 0 aliphatic rings. The first-order chi connectivity index (χ1) is 8.22. The van der Waals surface area contributed by atoms with Gasteiger partial charge in [0, 0.05) is 6.61 Å². The maximum Gasteiger partial charge on any atom is 0.149 e. The van der Waals surface area contributed by atoms with E-state index < -0.39 is 0 Å². The number of aryl methyl sites for hydroxylation is 2. The Morgan fingerprint density at radius 2 is 2.24 bits per heavy atom. The molecule has 1 aromatic carbocycles. The summed E-state index contributed by atoms with van der Waals surface area (Å²) in [6.45, 7) is 1.94. The molecule has 0 fully saturated rings. The van der Waals surface area contributed by atoms with Crippen molar-refractivity contribution in [2.75, 3.05) is 6.61 Å². The standard InChI is InChI=1S/C12H14FN3O/c1-9-4-2-6-11(13)12(9)16-8-10(14-15-16)5-3-7-17/h2,4,6,8,17H,3,5,7H2,1H3. The summed E-state index contributed by atoms with van der Waals surface area (Å²) in [4.78, 5) is 0. The van der Waals surface area contributed by atoms with Gasteiger partial charge in [-0.3, -0.25) is 0 Å². The van der Waals surface area contributed by atoms with Gasteiger partial charge in [-0.25, -0.2) is 9.07 Å². The van der Waals surface area contributed by atoms with E-state index in [2.05, 4.69) is 10.3 Å². The van der Waals surface area contributed by atoms with Gasteiger partial charge >= 0.3 is 0 Å². The van der Waals surface area contributed by atoms with Gasteiger partial charge in [0.1, 0.15) is 11.5 Å². The van der Waals surface area contributed by atoms with Gasteiger partial charge in [0.2, 0.25) is 0 Å². The van der Waals surface area contributed by atoms with Gasteiger partial charge in [-0.2, -0.15) is 0 Å². The van der Waals surface area contributed by atoms with E-state index in [4.69, 9.17) is 5.11 Å². The van der Waals surface area contributed by atoms with E-state index >= 15 is 0 Å². The minimum atomic E-state index is -0.316. The quantitative estimate of drug-likeness (QED) is 0.876. The highest BCUT2D eigenvalue weighted by Gasteiger charge is 2.09. The number of aromatic nitrogens is 3. The van der Waals surface area contributed by atoms with Crippen LogP contribution in [0.5, 0.6) is 0 Å². The Hall–Kier alpha value is -1.75. The summed E-state index contributed by atoms with van der Waals surface area (Å²) >= 11 is 0. The third-order valence-electron chi connectivity index (χ3n) is 2.55. The fraction of sp³-hybridized carbons (Fsp3) is 0.333. The molecule has 17 heavy (non-hydrogen) atoms. The maximum absolute atomic E-state index is 13.7. The van der Waals surface area contributed by atoms with E-state index in [0.29, 0.717) is 18.5 Å². The van der Waals surface area contributed by atoms with Crippen molar-refractivity contribution in [1.82, 2.24) is 15.0 Å². The molecule has 1 aromatic heterocycles. The van der Waals surface area contributed by atoms with E-state index in [1.807, 2.05) is 13.0 Å². The lowest BCUT2D eigenvalue weighted by molar-refractivity contribution is 0.288.